The summed E-state index contributed by atoms with van der Waals surface area (Å²) in [6.45, 7) is 4.44. The highest BCUT2D eigenvalue weighted by Gasteiger charge is 2.26. The topological polar surface area (TPSA) is 71.2 Å². The van der Waals surface area contributed by atoms with Crippen LogP contribution in [0.4, 0.5) is 0 Å². The number of hydrogen-bond acceptors (Lipinski definition) is 3. The Morgan fingerprint density at radius 3 is 2.88 bits per heavy atom. The highest BCUT2D eigenvalue weighted by molar-refractivity contribution is 6.01. The summed E-state index contributed by atoms with van der Waals surface area (Å²) in [6.07, 6.45) is 0.724. The molecule has 0 spiro atoms. The summed E-state index contributed by atoms with van der Waals surface area (Å²) in [5.74, 6) is -0.521. The molecule has 1 aliphatic rings. The van der Waals surface area contributed by atoms with Crippen LogP contribution in [0.25, 0.3) is 0 Å². The molecule has 0 radical (unpaired) electrons. The number of nitrogens with one attached hydrogen (secondary N) is 2. The molecule has 16 heavy (non-hydrogen) atoms. The first-order chi connectivity index (χ1) is 7.65. The van der Waals surface area contributed by atoms with E-state index < -0.39 is 5.97 Å². The molecule has 1 aromatic heterocycles. The summed E-state index contributed by atoms with van der Waals surface area (Å²) in [5, 5.41) is 2.75. The predicted octanol–water partition coefficient (Wildman–Crippen LogP) is 0.786. The molecule has 5 nitrogen and oxygen atoms in total. The number of rotatable bonds is 2. The number of aromatic nitrogens is 1. The second-order valence-electron chi connectivity index (χ2n) is 3.70. The number of H-pyrrole nitrogens is 1. The van der Waals surface area contributed by atoms with Crippen LogP contribution in [0.5, 0.6) is 0 Å². The largest absolute Gasteiger partial charge is 0.461 e. The molecule has 86 valence electrons. The van der Waals surface area contributed by atoms with Crippen molar-refractivity contribution in [3.05, 3.63) is 22.5 Å². The van der Waals surface area contributed by atoms with Gasteiger partial charge in [0.2, 0.25) is 0 Å². The highest BCUT2D eigenvalue weighted by atomic mass is 16.5. The lowest BCUT2D eigenvalue weighted by atomic mass is 10.0. The lowest BCUT2D eigenvalue weighted by Gasteiger charge is -2.12. The van der Waals surface area contributed by atoms with Gasteiger partial charge in [-0.15, -0.1) is 0 Å². The third-order valence-corrected chi connectivity index (χ3v) is 2.69. The number of aromatic amines is 1. The van der Waals surface area contributed by atoms with Crippen molar-refractivity contribution < 1.29 is 14.3 Å². The molecular formula is C11H14N2O3. The molecule has 0 bridgehead atoms. The molecule has 2 N–H and O–H groups in total. The van der Waals surface area contributed by atoms with E-state index in [9.17, 15) is 9.59 Å². The van der Waals surface area contributed by atoms with Crippen LogP contribution in [0, 0.1) is 6.92 Å². The Balaban J connectivity index is 2.42. The van der Waals surface area contributed by atoms with Crippen LogP contribution in [0.15, 0.2) is 0 Å². The Kier molecular flexibility index (Phi) is 2.68. The van der Waals surface area contributed by atoms with E-state index in [4.69, 9.17) is 4.74 Å². The molecule has 0 unspecified atom stereocenters. The third kappa shape index (κ3) is 1.58. The summed E-state index contributed by atoms with van der Waals surface area (Å²) >= 11 is 0. The van der Waals surface area contributed by atoms with Crippen LogP contribution < -0.4 is 5.32 Å². The van der Waals surface area contributed by atoms with Crippen LogP contribution in [0.1, 0.15) is 39.0 Å². The summed E-state index contributed by atoms with van der Waals surface area (Å²) in [6, 6.07) is 0. The molecule has 0 atom stereocenters. The average molecular weight is 222 g/mol. The maximum Gasteiger partial charge on any atom is 0.355 e. The van der Waals surface area contributed by atoms with Gasteiger partial charge >= 0.3 is 5.97 Å². The van der Waals surface area contributed by atoms with Gasteiger partial charge in [0, 0.05) is 18.7 Å². The molecule has 0 aliphatic carbocycles. The molecule has 2 rings (SSSR count). The van der Waals surface area contributed by atoms with Crippen molar-refractivity contribution in [3.8, 4) is 0 Å². The zero-order valence-electron chi connectivity index (χ0n) is 9.35. The van der Waals surface area contributed by atoms with Gasteiger partial charge in [-0.1, -0.05) is 0 Å². The van der Waals surface area contributed by atoms with Gasteiger partial charge in [-0.2, -0.15) is 0 Å². The number of ether oxygens (including phenoxy) is 1. The van der Waals surface area contributed by atoms with Crippen molar-refractivity contribution in [1.82, 2.24) is 10.3 Å². The quantitative estimate of drug-likeness (QED) is 0.726. The van der Waals surface area contributed by atoms with E-state index in [1.165, 1.54) is 0 Å². The zero-order chi connectivity index (χ0) is 11.7. The van der Waals surface area contributed by atoms with Gasteiger partial charge in [0.15, 0.2) is 0 Å². The Morgan fingerprint density at radius 1 is 1.50 bits per heavy atom. The first kappa shape index (κ1) is 10.7. The van der Waals surface area contributed by atoms with Crippen molar-refractivity contribution in [3.63, 3.8) is 0 Å². The number of esters is 1. The van der Waals surface area contributed by atoms with Crippen LogP contribution in [-0.2, 0) is 11.2 Å². The van der Waals surface area contributed by atoms with Crippen LogP contribution in [-0.4, -0.2) is 30.0 Å². The first-order valence-electron chi connectivity index (χ1n) is 5.32. The van der Waals surface area contributed by atoms with Crippen molar-refractivity contribution >= 4 is 11.9 Å². The normalized spacial score (nSPS) is 14.2. The van der Waals surface area contributed by atoms with E-state index in [0.717, 1.165) is 12.1 Å². The van der Waals surface area contributed by atoms with E-state index in [1.807, 2.05) is 0 Å². The molecule has 1 amide bonds. The minimum Gasteiger partial charge on any atom is -0.461 e. The second-order valence-corrected chi connectivity index (χ2v) is 3.70. The number of amides is 1. The van der Waals surface area contributed by atoms with Crippen molar-refractivity contribution in [2.75, 3.05) is 13.2 Å². The summed E-state index contributed by atoms with van der Waals surface area (Å²) in [7, 11) is 0. The molecule has 5 heteroatoms. The Labute approximate surface area is 93.2 Å². The highest BCUT2D eigenvalue weighted by Crippen LogP contribution is 2.21. The van der Waals surface area contributed by atoms with Crippen molar-refractivity contribution in [2.24, 2.45) is 0 Å². The Bertz CT molecular complexity index is 448. The summed E-state index contributed by atoms with van der Waals surface area (Å²) in [4.78, 5) is 26.2. The van der Waals surface area contributed by atoms with E-state index in [0.29, 0.717) is 30.0 Å². The van der Waals surface area contributed by atoms with Gasteiger partial charge in [0.05, 0.1) is 12.2 Å². The summed E-state index contributed by atoms with van der Waals surface area (Å²) < 4.78 is 4.92. The smallest absolute Gasteiger partial charge is 0.355 e. The van der Waals surface area contributed by atoms with E-state index in [-0.39, 0.29) is 5.91 Å². The van der Waals surface area contributed by atoms with Crippen molar-refractivity contribution in [2.45, 2.75) is 20.3 Å². The lowest BCUT2D eigenvalue weighted by molar-refractivity contribution is 0.0519. The monoisotopic (exact) mass is 222 g/mol. The van der Waals surface area contributed by atoms with E-state index in [1.54, 1.807) is 13.8 Å². The number of carbonyl (C=O) groups is 2. The molecule has 2 heterocycles. The first-order valence-corrected chi connectivity index (χ1v) is 5.32. The second kappa shape index (κ2) is 4.00. The number of hydrogen-bond donors (Lipinski definition) is 2. The molecule has 0 saturated heterocycles. The predicted molar refractivity (Wildman–Crippen MR) is 57.5 cm³/mol. The van der Waals surface area contributed by atoms with Crippen LogP contribution >= 0.6 is 0 Å². The minimum atomic E-state index is -0.401. The molecule has 1 aromatic rings. The van der Waals surface area contributed by atoms with Gasteiger partial charge < -0.3 is 15.0 Å². The number of fused-ring (bicyclic) bond motifs is 1. The van der Waals surface area contributed by atoms with Gasteiger partial charge in [-0.25, -0.2) is 4.79 Å². The molecule has 1 aliphatic heterocycles. The van der Waals surface area contributed by atoms with Crippen molar-refractivity contribution in [1.29, 1.82) is 0 Å². The molecule has 0 fully saturated rings. The Morgan fingerprint density at radius 2 is 2.25 bits per heavy atom. The van der Waals surface area contributed by atoms with E-state index in [2.05, 4.69) is 10.3 Å². The fourth-order valence-electron chi connectivity index (χ4n) is 1.95. The van der Waals surface area contributed by atoms with Crippen LogP contribution in [0.3, 0.4) is 0 Å². The summed E-state index contributed by atoms with van der Waals surface area (Å²) in [5.41, 5.74) is 2.48. The fourth-order valence-corrected chi connectivity index (χ4v) is 1.95. The average Bonchev–Trinajstić information content (AvgIpc) is 2.58. The Hall–Kier alpha value is -1.78. The van der Waals surface area contributed by atoms with Gasteiger partial charge in [0.25, 0.3) is 5.91 Å². The third-order valence-electron chi connectivity index (χ3n) is 2.69. The number of carbonyl (C=O) groups excluding carboxylic acids is 2. The van der Waals surface area contributed by atoms with Gasteiger partial charge in [-0.3, -0.25) is 4.79 Å². The van der Waals surface area contributed by atoms with Gasteiger partial charge in [0.1, 0.15) is 5.69 Å². The minimum absolute atomic E-state index is 0.120. The molecular weight excluding hydrogens is 208 g/mol. The fraction of sp³-hybridized carbons (Fsp3) is 0.455. The van der Waals surface area contributed by atoms with Gasteiger partial charge in [-0.05, 0) is 19.4 Å². The zero-order valence-corrected chi connectivity index (χ0v) is 9.35. The molecule has 0 saturated carbocycles. The maximum atomic E-state index is 11.6. The SMILES string of the molecule is CCOC(=O)c1[nH]c2c(c1C)C(=O)NCC2. The van der Waals surface area contributed by atoms with Crippen LogP contribution in [0.2, 0.25) is 0 Å². The van der Waals surface area contributed by atoms with E-state index >= 15 is 0 Å². The lowest BCUT2D eigenvalue weighted by Crippen LogP contribution is -2.31. The maximum absolute atomic E-state index is 11.6. The molecule has 0 aromatic carbocycles. The standard InChI is InChI=1S/C11H14N2O3/c1-3-16-11(15)9-6(2)8-7(13-9)4-5-12-10(8)14/h13H,3-5H2,1-2H3,(H,12,14).